The van der Waals surface area contributed by atoms with E-state index in [-0.39, 0.29) is 0 Å². The molecule has 0 amide bonds. The van der Waals surface area contributed by atoms with Crippen LogP contribution in [-0.2, 0) is 0 Å². The first-order valence-electron chi connectivity index (χ1n) is 5.34. The Morgan fingerprint density at radius 1 is 0.889 bits per heavy atom. The van der Waals surface area contributed by atoms with Gasteiger partial charge in [-0.3, -0.25) is 0 Å². The average molecular weight is 384 g/mol. The van der Waals surface area contributed by atoms with Gasteiger partial charge in [-0.25, -0.2) is 0 Å². The smallest absolute Gasteiger partial charge is 0.180 e. The molecular weight excluding hydrogens is 376 g/mol. The van der Waals surface area contributed by atoms with Crippen LogP contribution in [0.3, 0.4) is 0 Å². The Balaban J connectivity index is 1.99. The van der Waals surface area contributed by atoms with Crippen LogP contribution < -0.4 is 0 Å². The van der Waals surface area contributed by atoms with E-state index < -0.39 is 0 Å². The Morgan fingerprint density at radius 3 is 2.33 bits per heavy atom. The van der Waals surface area contributed by atoms with E-state index in [1.165, 1.54) is 0 Å². The summed E-state index contributed by atoms with van der Waals surface area (Å²) in [5.74, 6) is 0. The first-order valence-corrected chi connectivity index (χ1v) is 7.75. The van der Waals surface area contributed by atoms with Gasteiger partial charge in [0.05, 0.1) is 4.47 Å². The molecule has 0 aliphatic heterocycles. The lowest BCUT2D eigenvalue weighted by atomic mass is 10.3. The summed E-state index contributed by atoms with van der Waals surface area (Å²) in [5.41, 5.74) is 0.906. The van der Waals surface area contributed by atoms with E-state index in [2.05, 4.69) is 50.1 Å². The van der Waals surface area contributed by atoms with Gasteiger partial charge in [-0.15, -0.1) is 0 Å². The number of halogens is 2. The van der Waals surface area contributed by atoms with Crippen LogP contribution in [0, 0.1) is 0 Å². The van der Waals surface area contributed by atoms with Gasteiger partial charge in [0.2, 0.25) is 0 Å². The van der Waals surface area contributed by atoms with Gasteiger partial charge < -0.3 is 4.42 Å². The Morgan fingerprint density at radius 2 is 1.61 bits per heavy atom. The second-order valence-corrected chi connectivity index (χ2v) is 6.51. The van der Waals surface area contributed by atoms with Gasteiger partial charge >= 0.3 is 0 Å². The number of rotatable bonds is 2. The zero-order chi connectivity index (χ0) is 12.5. The number of fused-ring (bicyclic) bond motifs is 1. The SMILES string of the molecule is Brc1ccc(Sc2oc3ccccc3c2Br)cc1. The van der Waals surface area contributed by atoms with Gasteiger partial charge in [0.25, 0.3) is 0 Å². The third-order valence-electron chi connectivity index (χ3n) is 2.53. The molecule has 1 nitrogen and oxygen atoms in total. The highest BCUT2D eigenvalue weighted by Gasteiger charge is 2.12. The molecule has 0 fully saturated rings. The highest BCUT2D eigenvalue weighted by Crippen LogP contribution is 2.40. The molecule has 0 saturated heterocycles. The van der Waals surface area contributed by atoms with Crippen molar-refractivity contribution in [3.05, 3.63) is 57.5 Å². The van der Waals surface area contributed by atoms with Gasteiger partial charge in [0.15, 0.2) is 5.09 Å². The summed E-state index contributed by atoms with van der Waals surface area (Å²) < 4.78 is 7.94. The van der Waals surface area contributed by atoms with Crippen molar-refractivity contribution in [2.24, 2.45) is 0 Å². The van der Waals surface area contributed by atoms with Crippen molar-refractivity contribution < 1.29 is 4.42 Å². The fourth-order valence-corrected chi connectivity index (χ4v) is 3.40. The molecule has 1 heterocycles. The third kappa shape index (κ3) is 2.37. The number of furan rings is 1. The van der Waals surface area contributed by atoms with E-state index in [9.17, 15) is 0 Å². The minimum Gasteiger partial charge on any atom is -0.448 e. The van der Waals surface area contributed by atoms with Gasteiger partial charge in [-0.1, -0.05) is 39.8 Å². The molecule has 0 N–H and O–H groups in total. The van der Waals surface area contributed by atoms with Crippen molar-refractivity contribution in [1.82, 2.24) is 0 Å². The summed E-state index contributed by atoms with van der Waals surface area (Å²) in [6.07, 6.45) is 0. The minimum atomic E-state index is 0.888. The maximum atomic E-state index is 5.84. The van der Waals surface area contributed by atoms with E-state index in [1.54, 1.807) is 11.8 Å². The van der Waals surface area contributed by atoms with Crippen molar-refractivity contribution in [2.75, 3.05) is 0 Å². The first-order chi connectivity index (χ1) is 8.74. The molecule has 4 heteroatoms. The summed E-state index contributed by atoms with van der Waals surface area (Å²) in [6, 6.07) is 16.2. The first kappa shape index (κ1) is 12.3. The predicted octanol–water partition coefficient (Wildman–Crippen LogP) is 6.11. The van der Waals surface area contributed by atoms with Crippen LogP contribution in [0.5, 0.6) is 0 Å². The normalized spacial score (nSPS) is 11.0. The summed E-state index contributed by atoms with van der Waals surface area (Å²) in [6.45, 7) is 0. The van der Waals surface area contributed by atoms with Crippen molar-refractivity contribution in [3.63, 3.8) is 0 Å². The molecule has 90 valence electrons. The van der Waals surface area contributed by atoms with Crippen LogP contribution in [0.4, 0.5) is 0 Å². The molecular formula is C14H8Br2OS. The van der Waals surface area contributed by atoms with E-state index >= 15 is 0 Å². The van der Waals surface area contributed by atoms with E-state index in [0.29, 0.717) is 0 Å². The fraction of sp³-hybridized carbons (Fsp3) is 0. The highest BCUT2D eigenvalue weighted by molar-refractivity contribution is 9.11. The zero-order valence-electron chi connectivity index (χ0n) is 9.19. The molecule has 0 bridgehead atoms. The number of hydrogen-bond donors (Lipinski definition) is 0. The van der Waals surface area contributed by atoms with Gasteiger partial charge in [-0.05, 0) is 52.3 Å². The molecule has 0 aliphatic carbocycles. The second kappa shape index (κ2) is 5.11. The van der Waals surface area contributed by atoms with Gasteiger partial charge in [-0.2, -0.15) is 0 Å². The van der Waals surface area contributed by atoms with Crippen molar-refractivity contribution in [2.45, 2.75) is 9.99 Å². The molecule has 0 unspecified atom stereocenters. The molecule has 2 aromatic carbocycles. The van der Waals surface area contributed by atoms with E-state index in [1.807, 2.05) is 30.3 Å². The molecule has 3 aromatic rings. The minimum absolute atomic E-state index is 0.888. The largest absolute Gasteiger partial charge is 0.448 e. The summed E-state index contributed by atoms with van der Waals surface area (Å²) in [5, 5.41) is 2.00. The highest BCUT2D eigenvalue weighted by atomic mass is 79.9. The Kier molecular flexibility index (Phi) is 3.50. The third-order valence-corrected chi connectivity index (χ3v) is 5.09. The molecule has 18 heavy (non-hydrogen) atoms. The molecule has 3 rings (SSSR count). The topological polar surface area (TPSA) is 13.1 Å². The maximum Gasteiger partial charge on any atom is 0.180 e. The van der Waals surface area contributed by atoms with Crippen LogP contribution in [0.15, 0.2) is 71.9 Å². The quantitative estimate of drug-likeness (QED) is 0.529. The monoisotopic (exact) mass is 382 g/mol. The second-order valence-electron chi connectivity index (χ2n) is 3.76. The van der Waals surface area contributed by atoms with Crippen molar-refractivity contribution in [1.29, 1.82) is 0 Å². The van der Waals surface area contributed by atoms with Gasteiger partial charge in [0, 0.05) is 14.8 Å². The summed E-state index contributed by atoms with van der Waals surface area (Å²) in [7, 11) is 0. The molecule has 0 aliphatic rings. The summed E-state index contributed by atoms with van der Waals surface area (Å²) >= 11 is 8.65. The van der Waals surface area contributed by atoms with Crippen LogP contribution >= 0.6 is 43.6 Å². The summed E-state index contributed by atoms with van der Waals surface area (Å²) in [4.78, 5) is 1.15. The molecule has 0 atom stereocenters. The fourth-order valence-electron chi connectivity index (χ4n) is 1.67. The van der Waals surface area contributed by atoms with Crippen LogP contribution in [0.1, 0.15) is 0 Å². The van der Waals surface area contributed by atoms with E-state index in [0.717, 1.165) is 29.9 Å². The number of hydrogen-bond acceptors (Lipinski definition) is 2. The van der Waals surface area contributed by atoms with Crippen molar-refractivity contribution >= 4 is 54.6 Å². The van der Waals surface area contributed by atoms with E-state index in [4.69, 9.17) is 4.42 Å². The predicted molar refractivity (Wildman–Crippen MR) is 82.2 cm³/mol. The van der Waals surface area contributed by atoms with Crippen molar-refractivity contribution in [3.8, 4) is 0 Å². The van der Waals surface area contributed by atoms with Crippen LogP contribution in [0.2, 0.25) is 0 Å². The Bertz CT molecular complexity index is 689. The van der Waals surface area contributed by atoms with Crippen LogP contribution in [0.25, 0.3) is 11.0 Å². The number of para-hydroxylation sites is 1. The Hall–Kier alpha value is -0.710. The standard InChI is InChI=1S/C14H8Br2OS/c15-9-5-7-10(8-6-9)18-14-13(16)11-3-1-2-4-12(11)17-14/h1-8H. The lowest BCUT2D eigenvalue weighted by Crippen LogP contribution is -1.71. The molecule has 0 saturated carbocycles. The lowest BCUT2D eigenvalue weighted by Gasteiger charge is -1.98. The molecule has 0 radical (unpaired) electrons. The average Bonchev–Trinajstić information content (AvgIpc) is 2.70. The zero-order valence-corrected chi connectivity index (χ0v) is 13.2. The maximum absolute atomic E-state index is 5.84. The number of benzene rings is 2. The Labute approximate surface area is 126 Å². The van der Waals surface area contributed by atoms with Gasteiger partial charge in [0.1, 0.15) is 5.58 Å². The molecule has 1 aromatic heterocycles. The van der Waals surface area contributed by atoms with Crippen LogP contribution in [-0.4, -0.2) is 0 Å². The molecule has 0 spiro atoms. The lowest BCUT2D eigenvalue weighted by molar-refractivity contribution is 0.511.